The van der Waals surface area contributed by atoms with Crippen LogP contribution < -0.4 is 0 Å². The zero-order valence-corrected chi connectivity index (χ0v) is 14.8. The zero-order chi connectivity index (χ0) is 17.3. The van der Waals surface area contributed by atoms with E-state index >= 15 is 0 Å². The molecule has 5 heteroatoms. The Labute approximate surface area is 153 Å². The number of rotatable bonds is 5. The molecule has 3 aromatic rings. The van der Waals surface area contributed by atoms with Crippen molar-refractivity contribution >= 4 is 0 Å². The Hall–Kier alpha value is -2.53. The molecule has 2 fully saturated rings. The molecule has 1 aliphatic heterocycles. The third kappa shape index (κ3) is 3.03. The Bertz CT molecular complexity index is 888. The molecule has 26 heavy (non-hydrogen) atoms. The van der Waals surface area contributed by atoms with Gasteiger partial charge < -0.3 is 0 Å². The maximum atomic E-state index is 4.79. The third-order valence-electron chi connectivity index (χ3n) is 5.80. The molecule has 2 aliphatic rings. The molecule has 0 amide bonds. The Balaban J connectivity index is 1.29. The molecule has 1 saturated carbocycles. The molecule has 5 rings (SSSR count). The molecule has 5 nitrogen and oxygen atoms in total. The average Bonchev–Trinajstić information content (AvgIpc) is 3.44. The van der Waals surface area contributed by atoms with Gasteiger partial charge in [-0.25, -0.2) is 0 Å². The highest BCUT2D eigenvalue weighted by Gasteiger charge is 2.37. The lowest BCUT2D eigenvalue weighted by atomic mass is 10.1. The van der Waals surface area contributed by atoms with Gasteiger partial charge in [0.2, 0.25) is 0 Å². The van der Waals surface area contributed by atoms with Crippen LogP contribution >= 0.6 is 0 Å². The second-order valence-corrected chi connectivity index (χ2v) is 7.46. The van der Waals surface area contributed by atoms with Crippen molar-refractivity contribution in [3.05, 3.63) is 55.1 Å². The van der Waals surface area contributed by atoms with Gasteiger partial charge in [0.25, 0.3) is 0 Å². The SMILES string of the molecule is c1cc(-c2cnccn2)cc(-c2ccn(CCN3C[C@H]4CC[C@H]3C4)n2)c1. The van der Waals surface area contributed by atoms with Gasteiger partial charge in [-0.05, 0) is 37.3 Å². The van der Waals surface area contributed by atoms with Gasteiger partial charge in [0.05, 0.1) is 24.1 Å². The largest absolute Gasteiger partial charge is 0.298 e. The van der Waals surface area contributed by atoms with Crippen molar-refractivity contribution in [1.82, 2.24) is 24.6 Å². The van der Waals surface area contributed by atoms with E-state index in [1.165, 1.54) is 25.8 Å². The number of likely N-dealkylation sites (tertiary alicyclic amines) is 1. The predicted molar refractivity (Wildman–Crippen MR) is 101 cm³/mol. The lowest BCUT2D eigenvalue weighted by Gasteiger charge is -2.26. The molecular formula is C21H23N5. The van der Waals surface area contributed by atoms with E-state index in [1.54, 1.807) is 18.6 Å². The summed E-state index contributed by atoms with van der Waals surface area (Å²) in [6.07, 6.45) is 11.6. The van der Waals surface area contributed by atoms with Gasteiger partial charge in [-0.1, -0.05) is 18.2 Å². The van der Waals surface area contributed by atoms with Gasteiger partial charge in [0, 0.05) is 48.8 Å². The Kier molecular flexibility index (Phi) is 4.02. The Morgan fingerprint density at radius 3 is 2.69 bits per heavy atom. The van der Waals surface area contributed by atoms with Crippen molar-refractivity contribution in [2.75, 3.05) is 13.1 Å². The zero-order valence-electron chi connectivity index (χ0n) is 14.8. The summed E-state index contributed by atoms with van der Waals surface area (Å²) in [5.41, 5.74) is 4.09. The Morgan fingerprint density at radius 1 is 1.00 bits per heavy atom. The fraction of sp³-hybridized carbons (Fsp3) is 0.381. The van der Waals surface area contributed by atoms with Crippen LogP contribution in [-0.4, -0.2) is 43.8 Å². The number of piperidine rings is 1. The first-order valence-corrected chi connectivity index (χ1v) is 9.49. The van der Waals surface area contributed by atoms with E-state index < -0.39 is 0 Å². The fourth-order valence-electron chi connectivity index (χ4n) is 4.46. The van der Waals surface area contributed by atoms with Crippen molar-refractivity contribution < 1.29 is 0 Å². The third-order valence-corrected chi connectivity index (χ3v) is 5.80. The van der Waals surface area contributed by atoms with E-state index in [1.807, 2.05) is 0 Å². The van der Waals surface area contributed by atoms with Crippen LogP contribution in [0.4, 0.5) is 0 Å². The lowest BCUT2D eigenvalue weighted by Crippen LogP contribution is -2.34. The molecule has 0 unspecified atom stereocenters. The molecule has 2 aromatic heterocycles. The lowest BCUT2D eigenvalue weighted by molar-refractivity contribution is 0.203. The highest BCUT2D eigenvalue weighted by Crippen LogP contribution is 2.37. The summed E-state index contributed by atoms with van der Waals surface area (Å²) in [6, 6.07) is 11.3. The standard InChI is InChI=1S/C21H23N5/c1-2-17(13-18(3-1)21-14-22-7-8-23-21)20-6-9-26(24-20)11-10-25-15-16-4-5-19(25)12-16/h1-3,6-9,13-14,16,19H,4-5,10-12,15H2/t16-,19-/m0/s1. The maximum absolute atomic E-state index is 4.79. The van der Waals surface area contributed by atoms with E-state index in [4.69, 9.17) is 5.10 Å². The highest BCUT2D eigenvalue weighted by molar-refractivity contribution is 5.68. The summed E-state index contributed by atoms with van der Waals surface area (Å²) in [4.78, 5) is 11.2. The second kappa shape index (κ2) is 6.65. The summed E-state index contributed by atoms with van der Waals surface area (Å²) < 4.78 is 2.08. The topological polar surface area (TPSA) is 46.8 Å². The second-order valence-electron chi connectivity index (χ2n) is 7.46. The summed E-state index contributed by atoms with van der Waals surface area (Å²) >= 11 is 0. The van der Waals surface area contributed by atoms with E-state index in [0.29, 0.717) is 0 Å². The van der Waals surface area contributed by atoms with Crippen molar-refractivity contribution in [3.8, 4) is 22.5 Å². The summed E-state index contributed by atoms with van der Waals surface area (Å²) in [5.74, 6) is 0.956. The molecule has 3 heterocycles. The van der Waals surface area contributed by atoms with Crippen LogP contribution in [0.1, 0.15) is 19.3 Å². The number of benzene rings is 1. The fourth-order valence-corrected chi connectivity index (χ4v) is 4.46. The molecular weight excluding hydrogens is 322 g/mol. The Morgan fingerprint density at radius 2 is 1.92 bits per heavy atom. The van der Waals surface area contributed by atoms with E-state index in [9.17, 15) is 0 Å². The van der Waals surface area contributed by atoms with Gasteiger partial charge in [0.1, 0.15) is 0 Å². The molecule has 1 saturated heterocycles. The number of nitrogens with zero attached hydrogens (tertiary/aromatic N) is 5. The minimum absolute atomic E-state index is 0.832. The summed E-state index contributed by atoms with van der Waals surface area (Å²) in [5, 5.41) is 4.79. The summed E-state index contributed by atoms with van der Waals surface area (Å²) in [6.45, 7) is 3.37. The first-order chi connectivity index (χ1) is 12.8. The molecule has 132 valence electrons. The number of aromatic nitrogens is 4. The number of fused-ring (bicyclic) bond motifs is 2. The minimum atomic E-state index is 0.832. The first-order valence-electron chi connectivity index (χ1n) is 9.49. The quantitative estimate of drug-likeness (QED) is 0.710. The van der Waals surface area contributed by atoms with Gasteiger partial charge in [-0.15, -0.1) is 0 Å². The van der Waals surface area contributed by atoms with Crippen LogP contribution in [0.3, 0.4) is 0 Å². The molecule has 0 N–H and O–H groups in total. The van der Waals surface area contributed by atoms with Crippen LogP contribution in [0.2, 0.25) is 0 Å². The normalized spacial score (nSPS) is 22.2. The van der Waals surface area contributed by atoms with Gasteiger partial charge >= 0.3 is 0 Å². The van der Waals surface area contributed by atoms with Crippen molar-refractivity contribution in [2.45, 2.75) is 31.8 Å². The molecule has 2 bridgehead atoms. The average molecular weight is 345 g/mol. The van der Waals surface area contributed by atoms with Crippen LogP contribution in [0, 0.1) is 5.92 Å². The summed E-state index contributed by atoms with van der Waals surface area (Å²) in [7, 11) is 0. The number of hydrogen-bond donors (Lipinski definition) is 0. The molecule has 0 spiro atoms. The van der Waals surface area contributed by atoms with Crippen LogP contribution in [-0.2, 0) is 6.54 Å². The monoisotopic (exact) mass is 345 g/mol. The van der Waals surface area contributed by atoms with Crippen molar-refractivity contribution in [2.24, 2.45) is 5.92 Å². The van der Waals surface area contributed by atoms with Crippen LogP contribution in [0.5, 0.6) is 0 Å². The van der Waals surface area contributed by atoms with E-state index in [0.717, 1.165) is 47.6 Å². The molecule has 1 aliphatic carbocycles. The van der Waals surface area contributed by atoms with Gasteiger partial charge in [-0.2, -0.15) is 5.10 Å². The predicted octanol–water partition coefficient (Wildman–Crippen LogP) is 3.49. The van der Waals surface area contributed by atoms with Gasteiger partial charge in [0.15, 0.2) is 0 Å². The maximum Gasteiger partial charge on any atom is 0.0923 e. The van der Waals surface area contributed by atoms with Crippen molar-refractivity contribution in [1.29, 1.82) is 0 Å². The smallest absolute Gasteiger partial charge is 0.0923 e. The van der Waals surface area contributed by atoms with Crippen molar-refractivity contribution in [3.63, 3.8) is 0 Å². The van der Waals surface area contributed by atoms with E-state index in [-0.39, 0.29) is 0 Å². The van der Waals surface area contributed by atoms with E-state index in [2.05, 4.69) is 56.1 Å². The number of hydrogen-bond acceptors (Lipinski definition) is 4. The molecule has 2 atom stereocenters. The van der Waals surface area contributed by atoms with Crippen LogP contribution in [0.25, 0.3) is 22.5 Å². The highest BCUT2D eigenvalue weighted by atomic mass is 15.3. The minimum Gasteiger partial charge on any atom is -0.298 e. The van der Waals surface area contributed by atoms with Crippen LogP contribution in [0.15, 0.2) is 55.1 Å². The van der Waals surface area contributed by atoms with Gasteiger partial charge in [-0.3, -0.25) is 19.5 Å². The molecule has 0 radical (unpaired) electrons. The first kappa shape index (κ1) is 15.7. The molecule has 1 aromatic carbocycles.